The van der Waals surface area contributed by atoms with Gasteiger partial charge in [-0.1, -0.05) is 0 Å². The summed E-state index contributed by atoms with van der Waals surface area (Å²) in [6.45, 7) is 1.57. The van der Waals surface area contributed by atoms with Gasteiger partial charge in [-0.25, -0.2) is 27.2 Å². The van der Waals surface area contributed by atoms with Crippen LogP contribution in [0.15, 0.2) is 107 Å². The van der Waals surface area contributed by atoms with Gasteiger partial charge in [-0.05, 0) is 153 Å². The number of benzene rings is 4. The highest BCUT2D eigenvalue weighted by molar-refractivity contribution is 6.10. The number of hydrogen-bond donors (Lipinski definition) is 3. The van der Waals surface area contributed by atoms with Crippen LogP contribution in [0.1, 0.15) is 74.1 Å². The number of fused-ring (bicyclic) bond motifs is 4. The molecule has 0 bridgehead atoms. The Labute approximate surface area is 362 Å². The average molecular weight is 869 g/mol. The number of carbonyl (C=O) groups is 2. The number of aryl methyl sites for hydroxylation is 4. The highest BCUT2D eigenvalue weighted by atomic mass is 19.1. The van der Waals surface area contributed by atoms with E-state index in [4.69, 9.17) is 4.74 Å². The SMILES string of the molecule is CCOC(=O)c1c(-c2ccc[nH]c2=O)c2cc3c(cc2n1Cc1cc(F)ccc1F)CCC3.O=C(O)c1c(-c2ccc[nH]c2=O)c2cc3c(cc2n1Cc1cc(F)ccc1F)CCC3. The molecule has 0 spiro atoms. The zero-order valence-electron chi connectivity index (χ0n) is 34.5. The first-order valence-corrected chi connectivity index (χ1v) is 20.9. The van der Waals surface area contributed by atoms with Crippen molar-refractivity contribution in [3.05, 3.63) is 186 Å². The number of nitrogens with zero attached hydrogens (tertiary/aromatic N) is 2. The molecule has 0 amide bonds. The third-order valence-corrected chi connectivity index (χ3v) is 12.1. The lowest BCUT2D eigenvalue weighted by Crippen LogP contribution is -2.16. The Morgan fingerprint density at radius 2 is 1.06 bits per heavy atom. The number of ether oxygens (including phenoxy) is 1. The highest BCUT2D eigenvalue weighted by Crippen LogP contribution is 2.40. The number of aromatic amines is 2. The molecule has 4 heterocycles. The van der Waals surface area contributed by atoms with Gasteiger partial charge in [-0.15, -0.1) is 0 Å². The zero-order chi connectivity index (χ0) is 44.8. The quantitative estimate of drug-likeness (QED) is 0.0976. The van der Waals surface area contributed by atoms with Gasteiger partial charge in [0, 0.05) is 67.6 Å². The minimum absolute atomic E-state index is 0.0356. The number of pyridine rings is 2. The standard InChI is InChI=1S/C26H22F2N2O3.C24H18F2N2O3/c1-2-33-26(32)24-23(19-7-4-10-29-25(19)31)20-12-15-5-3-6-16(15)13-22(20)30(24)14-17-11-18(27)8-9-21(17)28;25-16-6-7-19(26)15(9-16)12-28-20-11-14-4-1-3-13(14)10-18(20)21(22(28)24(30)31)17-5-2-8-27-23(17)29/h4,7-13H,2-3,5-6,14H2,1H3,(H,29,31);2,5-11H,1,3-4,12H2,(H,27,29)(H,30,31). The molecule has 14 heteroatoms. The number of carboxylic acids is 1. The van der Waals surface area contributed by atoms with Crippen molar-refractivity contribution in [2.75, 3.05) is 6.61 Å². The van der Waals surface area contributed by atoms with Crippen molar-refractivity contribution < 1.29 is 37.0 Å². The lowest BCUT2D eigenvalue weighted by atomic mass is 10.00. The molecule has 0 fully saturated rings. The van der Waals surface area contributed by atoms with E-state index in [-0.39, 0.29) is 58.9 Å². The van der Waals surface area contributed by atoms with Crippen LogP contribution < -0.4 is 11.1 Å². The summed E-state index contributed by atoms with van der Waals surface area (Å²) in [5, 5.41) is 11.4. The Hall–Kier alpha value is -7.48. The second-order valence-corrected chi connectivity index (χ2v) is 15.9. The number of H-pyrrole nitrogens is 2. The number of rotatable bonds is 9. The molecule has 10 rings (SSSR count). The molecule has 4 aromatic heterocycles. The van der Waals surface area contributed by atoms with Crippen molar-refractivity contribution in [3.63, 3.8) is 0 Å². The van der Waals surface area contributed by atoms with E-state index in [1.807, 2.05) is 24.3 Å². The molecule has 2 aliphatic carbocycles. The predicted octanol–water partition coefficient (Wildman–Crippen LogP) is 9.50. The van der Waals surface area contributed by atoms with Crippen LogP contribution in [-0.4, -0.2) is 42.8 Å². The summed E-state index contributed by atoms with van der Waals surface area (Å²) in [5.41, 5.74) is 6.49. The van der Waals surface area contributed by atoms with E-state index in [1.165, 1.54) is 22.5 Å². The molecule has 0 aliphatic heterocycles. The van der Waals surface area contributed by atoms with Crippen LogP contribution in [0, 0.1) is 23.3 Å². The molecular weight excluding hydrogens is 829 g/mol. The summed E-state index contributed by atoms with van der Waals surface area (Å²) in [4.78, 5) is 56.2. The van der Waals surface area contributed by atoms with E-state index < -0.39 is 40.8 Å². The summed E-state index contributed by atoms with van der Waals surface area (Å²) >= 11 is 0. The van der Waals surface area contributed by atoms with Crippen molar-refractivity contribution >= 4 is 33.7 Å². The maximum Gasteiger partial charge on any atom is 0.355 e. The van der Waals surface area contributed by atoms with Gasteiger partial charge in [0.15, 0.2) is 0 Å². The van der Waals surface area contributed by atoms with Gasteiger partial charge in [-0.2, -0.15) is 0 Å². The Kier molecular flexibility index (Phi) is 11.1. The molecule has 8 aromatic rings. The molecule has 64 heavy (non-hydrogen) atoms. The van der Waals surface area contributed by atoms with Gasteiger partial charge in [-0.3, -0.25) is 9.59 Å². The number of hydrogen-bond acceptors (Lipinski definition) is 5. The Balaban J connectivity index is 0.000000162. The van der Waals surface area contributed by atoms with Crippen LogP contribution in [0.4, 0.5) is 17.6 Å². The fourth-order valence-corrected chi connectivity index (χ4v) is 9.25. The lowest BCUT2D eigenvalue weighted by Gasteiger charge is -2.13. The second kappa shape index (κ2) is 17.0. The normalized spacial score (nSPS) is 12.9. The summed E-state index contributed by atoms with van der Waals surface area (Å²) < 4.78 is 65.2. The first kappa shape index (κ1) is 41.9. The number of aromatic nitrogens is 4. The molecule has 3 N–H and O–H groups in total. The topological polar surface area (TPSA) is 139 Å². The monoisotopic (exact) mass is 868 g/mol. The lowest BCUT2D eigenvalue weighted by molar-refractivity contribution is 0.0515. The zero-order valence-corrected chi connectivity index (χ0v) is 34.5. The van der Waals surface area contributed by atoms with Crippen LogP contribution in [0.5, 0.6) is 0 Å². The Morgan fingerprint density at radius 3 is 1.50 bits per heavy atom. The van der Waals surface area contributed by atoms with E-state index in [1.54, 1.807) is 35.8 Å². The molecule has 2 aliphatic rings. The van der Waals surface area contributed by atoms with Gasteiger partial charge in [0.05, 0.1) is 19.7 Å². The Morgan fingerprint density at radius 1 is 0.625 bits per heavy atom. The second-order valence-electron chi connectivity index (χ2n) is 15.9. The summed E-state index contributed by atoms with van der Waals surface area (Å²) in [6.07, 6.45) is 8.58. The van der Waals surface area contributed by atoms with Crippen LogP contribution in [-0.2, 0) is 43.5 Å². The molecule has 0 saturated carbocycles. The van der Waals surface area contributed by atoms with Crippen molar-refractivity contribution in [1.82, 2.24) is 19.1 Å². The number of carbonyl (C=O) groups excluding carboxylic acids is 1. The van der Waals surface area contributed by atoms with Crippen molar-refractivity contribution in [2.45, 2.75) is 58.5 Å². The fraction of sp³-hybridized carbons (Fsp3) is 0.200. The van der Waals surface area contributed by atoms with Gasteiger partial charge < -0.3 is 28.9 Å². The molecular formula is C50H40F4N4O6. The summed E-state index contributed by atoms with van der Waals surface area (Å²) in [7, 11) is 0. The predicted molar refractivity (Wildman–Crippen MR) is 234 cm³/mol. The maximum atomic E-state index is 14.6. The smallest absolute Gasteiger partial charge is 0.355 e. The number of carboxylic acid groups (broad SMARTS) is 1. The van der Waals surface area contributed by atoms with E-state index in [9.17, 15) is 41.8 Å². The first-order chi connectivity index (χ1) is 30.9. The largest absolute Gasteiger partial charge is 0.477 e. The molecule has 4 aromatic carbocycles. The minimum atomic E-state index is -1.24. The molecule has 10 nitrogen and oxygen atoms in total. The van der Waals surface area contributed by atoms with Crippen molar-refractivity contribution in [3.8, 4) is 22.3 Å². The third-order valence-electron chi connectivity index (χ3n) is 12.1. The van der Waals surface area contributed by atoms with E-state index in [0.29, 0.717) is 32.9 Å². The summed E-state index contributed by atoms with van der Waals surface area (Å²) in [6, 6.07) is 20.8. The van der Waals surface area contributed by atoms with Crippen LogP contribution in [0.2, 0.25) is 0 Å². The van der Waals surface area contributed by atoms with Gasteiger partial charge in [0.25, 0.3) is 11.1 Å². The number of aromatic carboxylic acids is 1. The maximum absolute atomic E-state index is 14.6. The minimum Gasteiger partial charge on any atom is -0.477 e. The number of esters is 1. The summed E-state index contributed by atoms with van der Waals surface area (Å²) in [5.74, 6) is -4.24. The molecule has 0 unspecified atom stereocenters. The first-order valence-electron chi connectivity index (χ1n) is 20.9. The molecule has 0 atom stereocenters. The molecule has 0 radical (unpaired) electrons. The van der Waals surface area contributed by atoms with E-state index >= 15 is 0 Å². The third kappa shape index (κ3) is 7.58. The van der Waals surface area contributed by atoms with Crippen LogP contribution >= 0.6 is 0 Å². The highest BCUT2D eigenvalue weighted by Gasteiger charge is 2.30. The molecule has 0 saturated heterocycles. The van der Waals surface area contributed by atoms with E-state index in [0.717, 1.165) is 91.6 Å². The van der Waals surface area contributed by atoms with Crippen LogP contribution in [0.25, 0.3) is 44.1 Å². The number of halogens is 4. The fourth-order valence-electron chi connectivity index (χ4n) is 9.25. The molecule has 324 valence electrons. The van der Waals surface area contributed by atoms with Crippen molar-refractivity contribution in [1.29, 1.82) is 0 Å². The number of nitrogens with one attached hydrogen (secondary N) is 2. The van der Waals surface area contributed by atoms with Gasteiger partial charge in [0.2, 0.25) is 0 Å². The van der Waals surface area contributed by atoms with Gasteiger partial charge in [0.1, 0.15) is 34.7 Å². The van der Waals surface area contributed by atoms with Crippen LogP contribution in [0.3, 0.4) is 0 Å². The van der Waals surface area contributed by atoms with Gasteiger partial charge >= 0.3 is 11.9 Å². The van der Waals surface area contributed by atoms with Crippen molar-refractivity contribution in [2.24, 2.45) is 0 Å². The average Bonchev–Trinajstić information content (AvgIpc) is 4.07. The van der Waals surface area contributed by atoms with E-state index in [2.05, 4.69) is 9.97 Å². The Bertz CT molecular complexity index is 3310.